The molecule has 0 aromatic carbocycles. The minimum absolute atomic E-state index is 0.0289. The Hall–Kier alpha value is -2.71. The van der Waals surface area contributed by atoms with Gasteiger partial charge in [0.2, 0.25) is 11.8 Å². The molecule has 1 fully saturated rings. The summed E-state index contributed by atoms with van der Waals surface area (Å²) in [5.74, 6) is -1.25. The van der Waals surface area contributed by atoms with E-state index in [2.05, 4.69) is 21.9 Å². The molecule has 0 aliphatic carbocycles. The number of carbonyl (C=O) groups excluding carboxylic acids is 4. The lowest BCUT2D eigenvalue weighted by Crippen LogP contribution is -2.39. The lowest BCUT2D eigenvalue weighted by Gasteiger charge is -2.16. The largest absolute Gasteiger partial charge is 0.433 e. The van der Waals surface area contributed by atoms with Crippen LogP contribution >= 0.6 is 0 Å². The van der Waals surface area contributed by atoms with E-state index in [0.29, 0.717) is 11.2 Å². The van der Waals surface area contributed by atoms with Crippen molar-refractivity contribution in [1.29, 1.82) is 0 Å². The van der Waals surface area contributed by atoms with E-state index in [1.165, 1.54) is 0 Å². The predicted molar refractivity (Wildman–Crippen MR) is 68.3 cm³/mol. The third-order valence-corrected chi connectivity index (χ3v) is 2.61. The SMILES string of the molecule is C=C(CC=O)C(N=[N+]=[N-])NCOC(=O)N1C(=O)CCC1=O. The van der Waals surface area contributed by atoms with E-state index >= 15 is 0 Å². The molecule has 0 aromatic rings. The van der Waals surface area contributed by atoms with Crippen molar-refractivity contribution < 1.29 is 23.9 Å². The van der Waals surface area contributed by atoms with E-state index in [-0.39, 0.29) is 24.8 Å². The Morgan fingerprint density at radius 2 is 2.14 bits per heavy atom. The highest BCUT2D eigenvalue weighted by atomic mass is 16.6. The van der Waals surface area contributed by atoms with Crippen LogP contribution in [0.15, 0.2) is 17.3 Å². The summed E-state index contributed by atoms with van der Waals surface area (Å²) in [5.41, 5.74) is 8.67. The van der Waals surface area contributed by atoms with Crippen LogP contribution < -0.4 is 5.32 Å². The maximum atomic E-state index is 11.5. The van der Waals surface area contributed by atoms with Gasteiger partial charge in [-0.3, -0.25) is 14.9 Å². The molecule has 1 rings (SSSR count). The smallest absolute Gasteiger partial charge is 0.424 e. The van der Waals surface area contributed by atoms with E-state index in [1.807, 2.05) is 0 Å². The number of nitrogens with one attached hydrogen (secondary N) is 1. The van der Waals surface area contributed by atoms with E-state index in [1.54, 1.807) is 0 Å². The number of azide groups is 1. The summed E-state index contributed by atoms with van der Waals surface area (Å²) < 4.78 is 4.69. The first-order chi connectivity index (χ1) is 10.0. The van der Waals surface area contributed by atoms with Crippen LogP contribution in [0.25, 0.3) is 10.4 Å². The van der Waals surface area contributed by atoms with Crippen LogP contribution in [-0.4, -0.2) is 42.0 Å². The van der Waals surface area contributed by atoms with Crippen molar-refractivity contribution in [3.63, 3.8) is 0 Å². The lowest BCUT2D eigenvalue weighted by atomic mass is 10.2. The highest BCUT2D eigenvalue weighted by Gasteiger charge is 2.35. The molecule has 1 unspecified atom stereocenters. The Bertz CT molecular complexity index is 509. The summed E-state index contributed by atoms with van der Waals surface area (Å²) in [5, 5.41) is 5.86. The lowest BCUT2D eigenvalue weighted by molar-refractivity contribution is -0.136. The molecule has 0 radical (unpaired) electrons. The van der Waals surface area contributed by atoms with Gasteiger partial charge in [0, 0.05) is 24.2 Å². The zero-order chi connectivity index (χ0) is 15.8. The van der Waals surface area contributed by atoms with E-state index in [9.17, 15) is 19.2 Å². The molecule has 1 atom stereocenters. The first-order valence-electron chi connectivity index (χ1n) is 5.92. The standard InChI is InChI=1S/C11H13N5O5/c1-7(4-5-17)10(14-15-12)13-6-21-11(20)16-8(18)2-3-9(16)19/h5,10,13H,1-4,6H2. The highest BCUT2D eigenvalue weighted by Crippen LogP contribution is 2.13. The Kier molecular flexibility index (Phi) is 6.05. The summed E-state index contributed by atoms with van der Waals surface area (Å²) in [7, 11) is 0. The second kappa shape index (κ2) is 7.78. The molecule has 0 saturated carbocycles. The second-order valence-corrected chi connectivity index (χ2v) is 4.02. The van der Waals surface area contributed by atoms with Crippen LogP contribution in [-0.2, 0) is 19.1 Å². The van der Waals surface area contributed by atoms with Gasteiger partial charge in [0.25, 0.3) is 0 Å². The maximum absolute atomic E-state index is 11.5. The molecular formula is C11H13N5O5. The van der Waals surface area contributed by atoms with Gasteiger partial charge in [0.05, 0.1) is 0 Å². The number of rotatable bonds is 7. The summed E-state index contributed by atoms with van der Waals surface area (Å²) in [6, 6.07) is 0. The number of aldehydes is 1. The van der Waals surface area contributed by atoms with Crippen molar-refractivity contribution in [1.82, 2.24) is 10.2 Å². The predicted octanol–water partition coefficient (Wildman–Crippen LogP) is 0.601. The second-order valence-electron chi connectivity index (χ2n) is 4.02. The molecule has 1 aliphatic heterocycles. The van der Waals surface area contributed by atoms with Gasteiger partial charge >= 0.3 is 6.09 Å². The van der Waals surface area contributed by atoms with Gasteiger partial charge in [-0.05, 0) is 11.1 Å². The summed E-state index contributed by atoms with van der Waals surface area (Å²) in [4.78, 5) is 47.5. The summed E-state index contributed by atoms with van der Waals surface area (Å²) in [6.07, 6.45) is -1.56. The highest BCUT2D eigenvalue weighted by molar-refractivity contribution is 6.13. The molecule has 1 N–H and O–H groups in total. The Balaban J connectivity index is 2.50. The third kappa shape index (κ3) is 4.41. The van der Waals surface area contributed by atoms with Gasteiger partial charge in [0.15, 0.2) is 0 Å². The van der Waals surface area contributed by atoms with Gasteiger partial charge in [0.1, 0.15) is 19.2 Å². The number of hydrogen-bond acceptors (Lipinski definition) is 7. The number of nitrogens with zero attached hydrogens (tertiary/aromatic N) is 4. The third-order valence-electron chi connectivity index (χ3n) is 2.61. The maximum Gasteiger partial charge on any atom is 0.424 e. The van der Waals surface area contributed by atoms with Crippen LogP contribution in [0.1, 0.15) is 19.3 Å². The molecule has 3 amide bonds. The number of carbonyl (C=O) groups is 4. The van der Waals surface area contributed by atoms with Crippen LogP contribution in [0.3, 0.4) is 0 Å². The zero-order valence-corrected chi connectivity index (χ0v) is 11.0. The molecule has 0 aromatic heterocycles. The Labute approximate surface area is 119 Å². The molecule has 10 nitrogen and oxygen atoms in total. The van der Waals surface area contributed by atoms with Crippen LogP contribution in [0.2, 0.25) is 0 Å². The van der Waals surface area contributed by atoms with Crippen molar-refractivity contribution in [2.45, 2.75) is 25.4 Å². The molecule has 112 valence electrons. The van der Waals surface area contributed by atoms with Crippen molar-refractivity contribution in [2.24, 2.45) is 5.11 Å². The zero-order valence-electron chi connectivity index (χ0n) is 11.0. The first-order valence-corrected chi connectivity index (χ1v) is 5.92. The monoisotopic (exact) mass is 295 g/mol. The molecule has 1 saturated heterocycles. The number of likely N-dealkylation sites (tertiary alicyclic amines) is 1. The van der Waals surface area contributed by atoms with E-state index < -0.39 is 30.8 Å². The summed E-state index contributed by atoms with van der Waals surface area (Å²) >= 11 is 0. The quantitative estimate of drug-likeness (QED) is 0.139. The first kappa shape index (κ1) is 16.3. The molecule has 1 aliphatic rings. The van der Waals surface area contributed by atoms with Gasteiger partial charge in [-0.15, -0.1) is 0 Å². The van der Waals surface area contributed by atoms with Gasteiger partial charge in [-0.25, -0.2) is 4.79 Å². The van der Waals surface area contributed by atoms with Gasteiger partial charge in [-0.1, -0.05) is 11.7 Å². The van der Waals surface area contributed by atoms with Crippen molar-refractivity contribution in [2.75, 3.05) is 6.73 Å². The van der Waals surface area contributed by atoms with Crippen molar-refractivity contribution in [3.8, 4) is 0 Å². The van der Waals surface area contributed by atoms with Crippen LogP contribution in [0, 0.1) is 0 Å². The fourth-order valence-electron chi connectivity index (χ4n) is 1.56. The van der Waals surface area contributed by atoms with Crippen molar-refractivity contribution in [3.05, 3.63) is 22.6 Å². The Morgan fingerprint density at radius 1 is 1.52 bits per heavy atom. The summed E-state index contributed by atoms with van der Waals surface area (Å²) in [6.45, 7) is 3.13. The minimum Gasteiger partial charge on any atom is -0.433 e. The van der Waals surface area contributed by atoms with Crippen molar-refractivity contribution >= 4 is 24.2 Å². The molecule has 10 heteroatoms. The number of amides is 3. The van der Waals surface area contributed by atoms with Crippen LogP contribution in [0.4, 0.5) is 4.79 Å². The van der Waals surface area contributed by atoms with Gasteiger partial charge in [-0.2, -0.15) is 4.90 Å². The number of imide groups is 3. The normalized spacial score (nSPS) is 15.3. The Morgan fingerprint density at radius 3 is 2.67 bits per heavy atom. The molecule has 21 heavy (non-hydrogen) atoms. The van der Waals surface area contributed by atoms with Crippen LogP contribution in [0.5, 0.6) is 0 Å². The molecular weight excluding hydrogens is 282 g/mol. The topological polar surface area (TPSA) is 142 Å². The number of hydrogen-bond donors (Lipinski definition) is 1. The van der Waals surface area contributed by atoms with E-state index in [4.69, 9.17) is 10.3 Å². The van der Waals surface area contributed by atoms with E-state index in [0.717, 1.165) is 0 Å². The average Bonchev–Trinajstić information content (AvgIpc) is 2.77. The molecule has 0 spiro atoms. The fraction of sp³-hybridized carbons (Fsp3) is 0.455. The molecule has 0 bridgehead atoms. The molecule has 1 heterocycles. The number of ether oxygens (including phenoxy) is 1. The fourth-order valence-corrected chi connectivity index (χ4v) is 1.56. The average molecular weight is 295 g/mol. The van der Waals surface area contributed by atoms with Gasteiger partial charge < -0.3 is 9.53 Å². The minimum atomic E-state index is -1.10.